The van der Waals surface area contributed by atoms with E-state index in [1.165, 1.54) is 11.3 Å². The molecule has 34 heavy (non-hydrogen) atoms. The summed E-state index contributed by atoms with van der Waals surface area (Å²) in [5, 5.41) is 27.8. The standard InChI is InChI=1S/C23H26F2N6O2S/c1-9-15(22-30-17-14(34-22)6-7-26-16(17)10-2-3-10)21(31-23(27-9)28-11-4-5-11)29-13-8-12(20(24)25)18(32)19(13)33/h6-7,10-13,18-20,32-33H,2-5,8H2,1H3,(H2,27,28,29,31)/t12-,13+,18+,19-/m0/s1. The van der Waals surface area contributed by atoms with Crippen molar-refractivity contribution in [1.29, 1.82) is 0 Å². The van der Waals surface area contributed by atoms with Crippen molar-refractivity contribution in [2.45, 2.75) is 75.7 Å². The lowest BCUT2D eigenvalue weighted by molar-refractivity contribution is -0.0333. The van der Waals surface area contributed by atoms with Crippen LogP contribution in [0.4, 0.5) is 20.5 Å². The zero-order valence-corrected chi connectivity index (χ0v) is 19.4. The molecule has 4 atom stereocenters. The van der Waals surface area contributed by atoms with E-state index >= 15 is 0 Å². The Morgan fingerprint density at radius 3 is 2.53 bits per heavy atom. The van der Waals surface area contributed by atoms with Gasteiger partial charge < -0.3 is 20.8 Å². The molecule has 3 aliphatic carbocycles. The van der Waals surface area contributed by atoms with Crippen molar-refractivity contribution in [2.24, 2.45) is 5.92 Å². The third-order valence-electron chi connectivity index (χ3n) is 6.89. The van der Waals surface area contributed by atoms with Gasteiger partial charge in [0, 0.05) is 18.2 Å². The highest BCUT2D eigenvalue weighted by Crippen LogP contribution is 2.45. The normalized spacial score (nSPS) is 27.0. The van der Waals surface area contributed by atoms with Crippen LogP contribution in [0.15, 0.2) is 12.3 Å². The Morgan fingerprint density at radius 1 is 1.06 bits per heavy atom. The van der Waals surface area contributed by atoms with Crippen molar-refractivity contribution in [3.8, 4) is 10.6 Å². The van der Waals surface area contributed by atoms with Gasteiger partial charge >= 0.3 is 0 Å². The van der Waals surface area contributed by atoms with E-state index in [9.17, 15) is 19.0 Å². The average Bonchev–Trinajstić information content (AvgIpc) is 3.72. The molecule has 0 radical (unpaired) electrons. The molecule has 8 nitrogen and oxygen atoms in total. The van der Waals surface area contributed by atoms with Crippen molar-refractivity contribution < 1.29 is 19.0 Å². The fraction of sp³-hybridized carbons (Fsp3) is 0.565. The maximum absolute atomic E-state index is 13.4. The number of nitrogens with zero attached hydrogens (tertiary/aromatic N) is 4. The number of aliphatic hydroxyl groups excluding tert-OH is 2. The van der Waals surface area contributed by atoms with Gasteiger partial charge in [-0.25, -0.2) is 18.7 Å². The number of nitrogens with one attached hydrogen (secondary N) is 2. The molecule has 3 saturated carbocycles. The summed E-state index contributed by atoms with van der Waals surface area (Å²) in [5.41, 5.74) is 3.25. The van der Waals surface area contributed by atoms with Crippen LogP contribution in [0.2, 0.25) is 0 Å². The molecular weight excluding hydrogens is 462 g/mol. The Kier molecular flexibility index (Phi) is 5.38. The summed E-state index contributed by atoms with van der Waals surface area (Å²) in [7, 11) is 0. The van der Waals surface area contributed by atoms with Gasteiger partial charge in [0.1, 0.15) is 22.4 Å². The van der Waals surface area contributed by atoms with Crippen LogP contribution in [-0.2, 0) is 0 Å². The third-order valence-corrected chi connectivity index (χ3v) is 7.92. The summed E-state index contributed by atoms with van der Waals surface area (Å²) < 4.78 is 27.8. The van der Waals surface area contributed by atoms with Gasteiger partial charge in [0.15, 0.2) is 0 Å². The molecule has 0 aromatic carbocycles. The summed E-state index contributed by atoms with van der Waals surface area (Å²) in [5.74, 6) is 0.0191. The van der Waals surface area contributed by atoms with Gasteiger partial charge in [0.2, 0.25) is 12.4 Å². The quantitative estimate of drug-likeness (QED) is 0.398. The van der Waals surface area contributed by atoms with E-state index < -0.39 is 30.6 Å². The Bertz CT molecular complexity index is 1230. The minimum atomic E-state index is -2.72. The van der Waals surface area contributed by atoms with Gasteiger partial charge in [-0.3, -0.25) is 4.98 Å². The van der Waals surface area contributed by atoms with Crippen LogP contribution < -0.4 is 10.6 Å². The predicted molar refractivity (Wildman–Crippen MR) is 125 cm³/mol. The van der Waals surface area contributed by atoms with Crippen LogP contribution in [-0.4, -0.2) is 60.9 Å². The van der Waals surface area contributed by atoms with E-state index in [2.05, 4.69) is 25.6 Å². The highest BCUT2D eigenvalue weighted by atomic mass is 32.1. The minimum absolute atomic E-state index is 0.0660. The lowest BCUT2D eigenvalue weighted by atomic mass is 10.1. The largest absolute Gasteiger partial charge is 0.390 e. The fourth-order valence-corrected chi connectivity index (χ4v) is 5.75. The number of fused-ring (bicyclic) bond motifs is 1. The SMILES string of the molecule is Cc1nc(NC2CC2)nc(N[C@@H]2C[C@H](C(F)F)[C@@H](O)[C@H]2O)c1-c1nc2c(C3CC3)nccc2s1. The highest BCUT2D eigenvalue weighted by Gasteiger charge is 2.46. The monoisotopic (exact) mass is 488 g/mol. The topological polar surface area (TPSA) is 116 Å². The summed E-state index contributed by atoms with van der Waals surface area (Å²) in [6.45, 7) is 1.87. The molecule has 4 N–H and O–H groups in total. The van der Waals surface area contributed by atoms with Crippen LogP contribution in [0.1, 0.15) is 49.4 Å². The Morgan fingerprint density at radius 2 is 1.85 bits per heavy atom. The molecule has 0 saturated heterocycles. The fourth-order valence-electron chi connectivity index (χ4n) is 4.68. The second-order valence-electron chi connectivity index (χ2n) is 9.58. The smallest absolute Gasteiger partial charge is 0.244 e. The molecule has 0 spiro atoms. The summed E-state index contributed by atoms with van der Waals surface area (Å²) in [6, 6.07) is 1.50. The van der Waals surface area contributed by atoms with E-state index in [1.54, 1.807) is 0 Å². The van der Waals surface area contributed by atoms with Crippen LogP contribution >= 0.6 is 11.3 Å². The van der Waals surface area contributed by atoms with Crippen LogP contribution in [0, 0.1) is 12.8 Å². The van der Waals surface area contributed by atoms with Crippen LogP contribution in [0.25, 0.3) is 20.8 Å². The average molecular weight is 489 g/mol. The van der Waals surface area contributed by atoms with Crippen molar-refractivity contribution in [2.75, 3.05) is 10.6 Å². The maximum atomic E-state index is 13.4. The van der Waals surface area contributed by atoms with E-state index in [0.29, 0.717) is 40.0 Å². The number of pyridine rings is 1. The number of aryl methyl sites for hydroxylation is 1. The van der Waals surface area contributed by atoms with Gasteiger partial charge in [-0.2, -0.15) is 4.98 Å². The number of alkyl halides is 2. The number of aromatic nitrogens is 4. The first-order chi connectivity index (χ1) is 16.4. The first kappa shape index (κ1) is 22.0. The molecule has 11 heteroatoms. The molecular formula is C23H26F2N6O2S. The Labute approximate surface area is 198 Å². The molecule has 3 aliphatic rings. The van der Waals surface area contributed by atoms with Crippen molar-refractivity contribution in [3.63, 3.8) is 0 Å². The molecule has 0 unspecified atom stereocenters. The maximum Gasteiger partial charge on any atom is 0.244 e. The van der Waals surface area contributed by atoms with E-state index in [-0.39, 0.29) is 6.42 Å². The molecule has 3 aromatic rings. The number of anilines is 2. The molecule has 3 fully saturated rings. The second kappa shape index (κ2) is 8.31. The summed E-state index contributed by atoms with van der Waals surface area (Å²) in [4.78, 5) is 18.8. The minimum Gasteiger partial charge on any atom is -0.390 e. The van der Waals surface area contributed by atoms with Crippen LogP contribution in [0.5, 0.6) is 0 Å². The van der Waals surface area contributed by atoms with Crippen molar-refractivity contribution >= 4 is 33.3 Å². The molecule has 0 aliphatic heterocycles. The second-order valence-corrected chi connectivity index (χ2v) is 10.6. The van der Waals surface area contributed by atoms with Crippen molar-refractivity contribution in [3.05, 3.63) is 23.7 Å². The number of aliphatic hydroxyl groups is 2. The van der Waals surface area contributed by atoms with E-state index in [1.807, 2.05) is 19.2 Å². The predicted octanol–water partition coefficient (Wildman–Crippen LogP) is 3.70. The van der Waals surface area contributed by atoms with E-state index in [4.69, 9.17) is 4.98 Å². The van der Waals surface area contributed by atoms with Crippen molar-refractivity contribution in [1.82, 2.24) is 19.9 Å². The lowest BCUT2D eigenvalue weighted by Crippen LogP contribution is -2.36. The van der Waals surface area contributed by atoms with Crippen LogP contribution in [0.3, 0.4) is 0 Å². The number of thiazole rings is 1. The summed E-state index contributed by atoms with van der Waals surface area (Å²) in [6.07, 6.45) is 0.522. The molecule has 6 rings (SSSR count). The number of rotatable bonds is 7. The highest BCUT2D eigenvalue weighted by molar-refractivity contribution is 7.21. The Balaban J connectivity index is 1.41. The number of hydrogen-bond acceptors (Lipinski definition) is 9. The lowest BCUT2D eigenvalue weighted by Gasteiger charge is -2.21. The molecule has 3 heterocycles. The molecule has 180 valence electrons. The van der Waals surface area contributed by atoms with Gasteiger partial charge in [0.05, 0.1) is 39.7 Å². The molecule has 0 amide bonds. The zero-order valence-electron chi connectivity index (χ0n) is 18.6. The van der Waals surface area contributed by atoms with Gasteiger partial charge in [-0.15, -0.1) is 11.3 Å². The third kappa shape index (κ3) is 3.99. The zero-order chi connectivity index (χ0) is 23.6. The first-order valence-electron chi connectivity index (χ1n) is 11.7. The number of hydrogen-bond donors (Lipinski definition) is 4. The Hall–Kier alpha value is -2.50. The van der Waals surface area contributed by atoms with Gasteiger partial charge in [-0.05, 0) is 45.1 Å². The van der Waals surface area contributed by atoms with E-state index in [0.717, 1.165) is 41.6 Å². The molecule has 0 bridgehead atoms. The van der Waals surface area contributed by atoms with Gasteiger partial charge in [-0.1, -0.05) is 0 Å². The molecule has 3 aromatic heterocycles. The number of halogens is 2. The summed E-state index contributed by atoms with van der Waals surface area (Å²) >= 11 is 1.51. The first-order valence-corrected chi connectivity index (χ1v) is 12.5. The van der Waals surface area contributed by atoms with Gasteiger partial charge in [0.25, 0.3) is 0 Å².